The lowest BCUT2D eigenvalue weighted by Gasteiger charge is -2.27. The molecule has 6 heteroatoms. The van der Waals surface area contributed by atoms with Crippen LogP contribution in [-0.2, 0) is 27.2 Å². The van der Waals surface area contributed by atoms with E-state index in [1.807, 2.05) is 0 Å². The van der Waals surface area contributed by atoms with Crippen molar-refractivity contribution >= 4 is 23.2 Å². The molecule has 2 aliphatic rings. The Morgan fingerprint density at radius 1 is 1.50 bits per heavy atom. The van der Waals surface area contributed by atoms with E-state index in [0.29, 0.717) is 6.54 Å². The number of hydrogen-bond acceptors (Lipinski definition) is 5. The first-order chi connectivity index (χ1) is 10.6. The van der Waals surface area contributed by atoms with Crippen molar-refractivity contribution in [2.75, 3.05) is 6.54 Å². The van der Waals surface area contributed by atoms with Crippen molar-refractivity contribution in [3.63, 3.8) is 0 Å². The van der Waals surface area contributed by atoms with Crippen LogP contribution < -0.4 is 5.32 Å². The highest BCUT2D eigenvalue weighted by Crippen LogP contribution is 2.45. The number of nitrogens with zero attached hydrogens (tertiary/aromatic N) is 1. The highest BCUT2D eigenvalue weighted by molar-refractivity contribution is 7.09. The Morgan fingerprint density at radius 2 is 2.27 bits per heavy atom. The molecule has 1 N–H and O–H groups in total. The quantitative estimate of drug-likeness (QED) is 0.844. The van der Waals surface area contributed by atoms with Crippen molar-refractivity contribution in [1.29, 1.82) is 0 Å². The Bertz CT molecular complexity index is 563. The molecular formula is C16H22N2O3S. The normalized spacial score (nSPS) is 23.0. The molecule has 2 fully saturated rings. The van der Waals surface area contributed by atoms with E-state index < -0.39 is 5.60 Å². The first-order valence-electron chi connectivity index (χ1n) is 8.06. The standard InChI is InChI=1S/C16H22N2O3S/c1-2-11-10-22-13(18-11)5-8-17-15(20)12-9-14(19)21-16(12)6-3-4-7-16/h10,12H,2-9H2,1H3,(H,17,20)/t12-/m1/s1. The third-order valence-corrected chi connectivity index (χ3v) is 5.65. The molecule has 0 bridgehead atoms. The zero-order valence-electron chi connectivity index (χ0n) is 12.9. The minimum Gasteiger partial charge on any atom is -0.458 e. The largest absolute Gasteiger partial charge is 0.458 e. The number of hydrogen-bond donors (Lipinski definition) is 1. The Hall–Kier alpha value is -1.43. The van der Waals surface area contributed by atoms with E-state index in [0.717, 1.165) is 49.2 Å². The van der Waals surface area contributed by atoms with Gasteiger partial charge in [0.25, 0.3) is 0 Å². The van der Waals surface area contributed by atoms with Crippen LogP contribution >= 0.6 is 11.3 Å². The van der Waals surface area contributed by atoms with E-state index >= 15 is 0 Å². The molecule has 1 aromatic heterocycles. The first kappa shape index (κ1) is 15.5. The Balaban J connectivity index is 1.54. The van der Waals surface area contributed by atoms with Crippen molar-refractivity contribution < 1.29 is 14.3 Å². The molecule has 0 unspecified atom stereocenters. The lowest BCUT2D eigenvalue weighted by atomic mass is 9.85. The number of carbonyl (C=O) groups is 2. The number of nitrogens with one attached hydrogen (secondary N) is 1. The fourth-order valence-corrected chi connectivity index (χ4v) is 4.37. The predicted octanol–water partition coefficient (Wildman–Crippen LogP) is 2.24. The van der Waals surface area contributed by atoms with E-state index in [-0.39, 0.29) is 24.2 Å². The lowest BCUT2D eigenvalue weighted by Crippen LogP contribution is -2.43. The molecule has 1 amide bonds. The molecule has 120 valence electrons. The van der Waals surface area contributed by atoms with Crippen LogP contribution in [0.25, 0.3) is 0 Å². The highest BCUT2D eigenvalue weighted by Gasteiger charge is 2.53. The summed E-state index contributed by atoms with van der Waals surface area (Å²) in [6.07, 6.45) is 5.62. The lowest BCUT2D eigenvalue weighted by molar-refractivity contribution is -0.149. The summed E-state index contributed by atoms with van der Waals surface area (Å²) in [6.45, 7) is 2.65. The Kier molecular flexibility index (Phi) is 4.47. The summed E-state index contributed by atoms with van der Waals surface area (Å²) in [5.41, 5.74) is 0.587. The summed E-state index contributed by atoms with van der Waals surface area (Å²) < 4.78 is 5.52. The minimum atomic E-state index is -0.516. The van der Waals surface area contributed by atoms with Crippen LogP contribution in [0.5, 0.6) is 0 Å². The maximum atomic E-state index is 12.4. The maximum absolute atomic E-state index is 12.4. The number of aromatic nitrogens is 1. The van der Waals surface area contributed by atoms with Gasteiger partial charge in [-0.05, 0) is 32.1 Å². The molecule has 1 aromatic rings. The highest BCUT2D eigenvalue weighted by atomic mass is 32.1. The van der Waals surface area contributed by atoms with Crippen molar-refractivity contribution in [2.24, 2.45) is 5.92 Å². The van der Waals surface area contributed by atoms with Crippen molar-refractivity contribution in [2.45, 2.75) is 57.5 Å². The predicted molar refractivity (Wildman–Crippen MR) is 83.6 cm³/mol. The van der Waals surface area contributed by atoms with Gasteiger partial charge in [-0.2, -0.15) is 0 Å². The second-order valence-electron chi connectivity index (χ2n) is 6.13. The van der Waals surface area contributed by atoms with E-state index in [9.17, 15) is 9.59 Å². The van der Waals surface area contributed by atoms with Gasteiger partial charge in [0, 0.05) is 18.3 Å². The first-order valence-corrected chi connectivity index (χ1v) is 8.94. The van der Waals surface area contributed by atoms with Gasteiger partial charge in [-0.1, -0.05) is 6.92 Å². The molecule has 1 saturated carbocycles. The van der Waals surface area contributed by atoms with Crippen molar-refractivity contribution in [1.82, 2.24) is 10.3 Å². The third kappa shape index (κ3) is 3.02. The number of carbonyl (C=O) groups excluding carboxylic acids is 2. The number of amides is 1. The molecule has 1 atom stereocenters. The maximum Gasteiger partial charge on any atom is 0.307 e. The molecule has 1 aliphatic carbocycles. The molecule has 0 aromatic carbocycles. The van der Waals surface area contributed by atoms with Gasteiger partial charge >= 0.3 is 5.97 Å². The van der Waals surface area contributed by atoms with Gasteiger partial charge in [0.1, 0.15) is 5.60 Å². The zero-order chi connectivity index (χ0) is 15.6. The van der Waals surface area contributed by atoms with Crippen LogP contribution in [0.4, 0.5) is 0 Å². The van der Waals surface area contributed by atoms with E-state index in [2.05, 4.69) is 22.6 Å². The molecule has 1 saturated heterocycles. The topological polar surface area (TPSA) is 68.3 Å². The fourth-order valence-electron chi connectivity index (χ4n) is 3.49. The van der Waals surface area contributed by atoms with Gasteiger partial charge in [0.15, 0.2) is 0 Å². The summed E-state index contributed by atoms with van der Waals surface area (Å²) in [7, 11) is 0. The molecule has 1 aliphatic heterocycles. The summed E-state index contributed by atoms with van der Waals surface area (Å²) in [5, 5.41) is 6.08. The minimum absolute atomic E-state index is 0.0416. The number of rotatable bonds is 5. The molecule has 0 radical (unpaired) electrons. The summed E-state index contributed by atoms with van der Waals surface area (Å²) in [4.78, 5) is 28.6. The monoisotopic (exact) mass is 322 g/mol. The summed E-state index contributed by atoms with van der Waals surface area (Å²) in [6, 6.07) is 0. The van der Waals surface area contributed by atoms with E-state index in [1.165, 1.54) is 0 Å². The fraction of sp³-hybridized carbons (Fsp3) is 0.688. The number of ether oxygens (including phenoxy) is 1. The van der Waals surface area contributed by atoms with Crippen molar-refractivity contribution in [3.8, 4) is 0 Å². The average molecular weight is 322 g/mol. The van der Waals surface area contributed by atoms with Gasteiger partial charge in [0.2, 0.25) is 5.91 Å². The van der Waals surface area contributed by atoms with Crippen LogP contribution in [0.2, 0.25) is 0 Å². The SMILES string of the molecule is CCc1csc(CCNC(=O)[C@H]2CC(=O)OC23CCCC3)n1. The molecule has 3 rings (SSSR count). The zero-order valence-corrected chi connectivity index (χ0v) is 13.7. The van der Waals surface area contributed by atoms with Crippen molar-refractivity contribution in [3.05, 3.63) is 16.1 Å². The van der Waals surface area contributed by atoms with Crippen LogP contribution in [0.1, 0.15) is 49.7 Å². The molecule has 2 heterocycles. The Morgan fingerprint density at radius 3 is 2.95 bits per heavy atom. The summed E-state index contributed by atoms with van der Waals surface area (Å²) in [5.74, 6) is -0.584. The number of thiazole rings is 1. The van der Waals surface area contributed by atoms with Crippen LogP contribution in [0.3, 0.4) is 0 Å². The second-order valence-corrected chi connectivity index (χ2v) is 7.07. The number of esters is 1. The number of aryl methyl sites for hydroxylation is 1. The van der Waals surface area contributed by atoms with Gasteiger partial charge in [-0.15, -0.1) is 11.3 Å². The van der Waals surface area contributed by atoms with Gasteiger partial charge in [-0.25, -0.2) is 4.98 Å². The molecule has 5 nitrogen and oxygen atoms in total. The molecular weight excluding hydrogens is 300 g/mol. The van der Waals surface area contributed by atoms with E-state index in [4.69, 9.17) is 4.74 Å². The van der Waals surface area contributed by atoms with E-state index in [1.54, 1.807) is 11.3 Å². The smallest absolute Gasteiger partial charge is 0.307 e. The molecule has 22 heavy (non-hydrogen) atoms. The van der Waals surface area contributed by atoms with Gasteiger partial charge < -0.3 is 10.1 Å². The Labute approximate surface area is 134 Å². The third-order valence-electron chi connectivity index (χ3n) is 4.69. The molecule has 1 spiro atoms. The van der Waals surface area contributed by atoms with Gasteiger partial charge in [-0.3, -0.25) is 9.59 Å². The van der Waals surface area contributed by atoms with Crippen LogP contribution in [0.15, 0.2) is 5.38 Å². The van der Waals surface area contributed by atoms with Crippen LogP contribution in [-0.4, -0.2) is 29.0 Å². The summed E-state index contributed by atoms with van der Waals surface area (Å²) >= 11 is 1.64. The van der Waals surface area contributed by atoms with Gasteiger partial charge in [0.05, 0.1) is 23.0 Å². The van der Waals surface area contributed by atoms with Crippen LogP contribution in [0, 0.1) is 5.92 Å². The average Bonchev–Trinajstić information content (AvgIpc) is 3.20. The second kappa shape index (κ2) is 6.36.